The quantitative estimate of drug-likeness (QED) is 0.635. The van der Waals surface area contributed by atoms with Gasteiger partial charge in [0.15, 0.2) is 0 Å². The molecule has 0 spiro atoms. The van der Waals surface area contributed by atoms with Crippen molar-refractivity contribution >= 4 is 5.91 Å². The predicted molar refractivity (Wildman–Crippen MR) is 96.9 cm³/mol. The summed E-state index contributed by atoms with van der Waals surface area (Å²) in [6.45, 7) is -0.730. The van der Waals surface area contributed by atoms with Crippen LogP contribution in [0.15, 0.2) is 65.7 Å². The maximum atomic E-state index is 13.5. The Morgan fingerprint density at radius 2 is 1.83 bits per heavy atom. The van der Waals surface area contributed by atoms with Gasteiger partial charge in [-0.15, -0.1) is 0 Å². The number of H-pyrrole nitrogens is 1. The fraction of sp³-hybridized carbons (Fsp3) is 0.150. The molecule has 0 saturated heterocycles. The van der Waals surface area contributed by atoms with Crippen LogP contribution < -0.4 is 10.9 Å². The molecule has 2 heterocycles. The fourth-order valence-electron chi connectivity index (χ4n) is 2.76. The Hall–Kier alpha value is -3.49. The first-order valence-corrected chi connectivity index (χ1v) is 8.46. The average molecular weight is 405 g/mol. The molecule has 29 heavy (non-hydrogen) atoms. The number of pyridine rings is 2. The van der Waals surface area contributed by atoms with Gasteiger partial charge in [0.2, 0.25) is 5.56 Å². The maximum Gasteiger partial charge on any atom is 0.418 e. The van der Waals surface area contributed by atoms with Gasteiger partial charge < -0.3 is 10.3 Å². The molecule has 0 radical (unpaired) electrons. The normalized spacial score (nSPS) is 12.4. The molecule has 5 nitrogen and oxygen atoms in total. The lowest BCUT2D eigenvalue weighted by Crippen LogP contribution is -2.32. The van der Waals surface area contributed by atoms with E-state index in [2.05, 4.69) is 15.3 Å². The number of nitrogens with zero attached hydrogens (tertiary/aromatic N) is 1. The van der Waals surface area contributed by atoms with Gasteiger partial charge in [-0.25, -0.2) is 4.39 Å². The number of benzene rings is 1. The van der Waals surface area contributed by atoms with E-state index < -0.39 is 41.6 Å². The van der Waals surface area contributed by atoms with Gasteiger partial charge in [0.05, 0.1) is 22.9 Å². The van der Waals surface area contributed by atoms with Crippen molar-refractivity contribution in [3.05, 3.63) is 99.2 Å². The van der Waals surface area contributed by atoms with Crippen LogP contribution in [0.4, 0.5) is 17.6 Å². The topological polar surface area (TPSA) is 74.8 Å². The highest BCUT2D eigenvalue weighted by molar-refractivity contribution is 5.94. The zero-order valence-corrected chi connectivity index (χ0v) is 14.8. The molecule has 3 rings (SSSR count). The number of carbonyl (C=O) groups is 1. The van der Waals surface area contributed by atoms with Gasteiger partial charge in [-0.1, -0.05) is 24.3 Å². The first-order chi connectivity index (χ1) is 13.8. The van der Waals surface area contributed by atoms with E-state index in [9.17, 15) is 27.2 Å². The van der Waals surface area contributed by atoms with Crippen molar-refractivity contribution in [3.63, 3.8) is 0 Å². The Labute approximate surface area is 162 Å². The highest BCUT2D eigenvalue weighted by Gasteiger charge is 2.37. The van der Waals surface area contributed by atoms with Crippen molar-refractivity contribution in [2.24, 2.45) is 0 Å². The number of hydrogen-bond acceptors (Lipinski definition) is 3. The van der Waals surface area contributed by atoms with E-state index in [-0.39, 0.29) is 5.56 Å². The summed E-state index contributed by atoms with van der Waals surface area (Å²) in [6.07, 6.45) is -2.34. The molecule has 1 aromatic carbocycles. The number of rotatable bonds is 5. The number of alkyl halides is 4. The molecule has 0 aliphatic rings. The van der Waals surface area contributed by atoms with Crippen LogP contribution in [0.3, 0.4) is 0 Å². The van der Waals surface area contributed by atoms with Gasteiger partial charge in [0.1, 0.15) is 6.67 Å². The van der Waals surface area contributed by atoms with Crippen LogP contribution in [0, 0.1) is 0 Å². The molecule has 1 amide bonds. The summed E-state index contributed by atoms with van der Waals surface area (Å²) < 4.78 is 53.3. The molecule has 0 bridgehead atoms. The monoisotopic (exact) mass is 405 g/mol. The third kappa shape index (κ3) is 4.68. The number of nitrogens with one attached hydrogen (secondary N) is 2. The van der Waals surface area contributed by atoms with Crippen LogP contribution >= 0.6 is 0 Å². The first-order valence-electron chi connectivity index (χ1n) is 8.46. The van der Waals surface area contributed by atoms with Crippen molar-refractivity contribution in [2.45, 2.75) is 18.9 Å². The van der Waals surface area contributed by atoms with E-state index in [1.54, 1.807) is 0 Å². The van der Waals surface area contributed by atoms with Crippen molar-refractivity contribution < 1.29 is 22.4 Å². The lowest BCUT2D eigenvalue weighted by atomic mass is 9.97. The summed E-state index contributed by atoms with van der Waals surface area (Å²) in [7, 11) is 0. The van der Waals surface area contributed by atoms with Crippen LogP contribution in [-0.4, -0.2) is 15.9 Å². The van der Waals surface area contributed by atoms with Gasteiger partial charge in [-0.2, -0.15) is 13.2 Å². The minimum atomic E-state index is -4.69. The van der Waals surface area contributed by atoms with Gasteiger partial charge >= 0.3 is 6.18 Å². The molecule has 0 fully saturated rings. The van der Waals surface area contributed by atoms with E-state index in [1.165, 1.54) is 36.5 Å². The van der Waals surface area contributed by atoms with Crippen LogP contribution in [-0.2, 0) is 12.9 Å². The molecule has 9 heteroatoms. The van der Waals surface area contributed by atoms with Gasteiger partial charge in [-0.05, 0) is 29.3 Å². The number of hydrogen-bond donors (Lipinski definition) is 2. The third-order valence-electron chi connectivity index (χ3n) is 4.21. The maximum absolute atomic E-state index is 13.5. The zero-order valence-electron chi connectivity index (χ0n) is 14.8. The second-order valence-corrected chi connectivity index (χ2v) is 6.16. The second-order valence-electron chi connectivity index (χ2n) is 6.16. The predicted octanol–water partition coefficient (Wildman–Crippen LogP) is 3.78. The van der Waals surface area contributed by atoms with E-state index in [0.29, 0.717) is 11.1 Å². The van der Waals surface area contributed by atoms with E-state index >= 15 is 0 Å². The molecule has 0 aliphatic heterocycles. The second kappa shape index (κ2) is 8.26. The summed E-state index contributed by atoms with van der Waals surface area (Å²) in [6, 6.07) is 8.86. The fourth-order valence-corrected chi connectivity index (χ4v) is 2.76. The molecular weight excluding hydrogens is 390 g/mol. The van der Waals surface area contributed by atoms with Crippen LogP contribution in [0.1, 0.15) is 38.8 Å². The summed E-state index contributed by atoms with van der Waals surface area (Å²) in [5.74, 6) is -0.709. The Bertz CT molecular complexity index is 1040. The summed E-state index contributed by atoms with van der Waals surface area (Å²) in [4.78, 5) is 30.0. The molecule has 150 valence electrons. The molecule has 1 atom stereocenters. The summed E-state index contributed by atoms with van der Waals surface area (Å²) in [5, 5.41) is 2.52. The summed E-state index contributed by atoms with van der Waals surface area (Å²) >= 11 is 0. The Morgan fingerprint density at radius 3 is 2.41 bits per heavy atom. The van der Waals surface area contributed by atoms with E-state index in [4.69, 9.17) is 0 Å². The van der Waals surface area contributed by atoms with Crippen molar-refractivity contribution in [3.8, 4) is 0 Å². The van der Waals surface area contributed by atoms with E-state index in [0.717, 1.165) is 24.4 Å². The lowest BCUT2D eigenvalue weighted by molar-refractivity contribution is -0.138. The average Bonchev–Trinajstić information content (AvgIpc) is 2.72. The van der Waals surface area contributed by atoms with Crippen molar-refractivity contribution in [1.82, 2.24) is 15.3 Å². The number of amides is 1. The van der Waals surface area contributed by atoms with Gasteiger partial charge in [0.25, 0.3) is 5.91 Å². The van der Waals surface area contributed by atoms with Crippen molar-refractivity contribution in [1.29, 1.82) is 0 Å². The highest BCUT2D eigenvalue weighted by Crippen LogP contribution is 2.35. The molecule has 2 N–H and O–H groups in total. The van der Waals surface area contributed by atoms with E-state index in [1.807, 2.05) is 0 Å². The number of aromatic amines is 1. The van der Waals surface area contributed by atoms with Gasteiger partial charge in [-0.3, -0.25) is 14.6 Å². The first kappa shape index (κ1) is 20.2. The largest absolute Gasteiger partial charge is 0.418 e. The van der Waals surface area contributed by atoms with Crippen molar-refractivity contribution in [2.75, 3.05) is 0 Å². The van der Waals surface area contributed by atoms with Crippen LogP contribution in [0.25, 0.3) is 0 Å². The highest BCUT2D eigenvalue weighted by atomic mass is 19.4. The Morgan fingerprint density at radius 1 is 1.10 bits per heavy atom. The molecule has 0 unspecified atom stereocenters. The number of carbonyl (C=O) groups excluding carboxylic acids is 1. The number of halogens is 4. The Kier molecular flexibility index (Phi) is 5.76. The lowest BCUT2D eigenvalue weighted by Gasteiger charge is -2.22. The summed E-state index contributed by atoms with van der Waals surface area (Å²) in [5.41, 5.74) is -1.13. The Balaban J connectivity index is 2.06. The minimum absolute atomic E-state index is 0.0551. The molecule has 2 aromatic heterocycles. The third-order valence-corrected chi connectivity index (χ3v) is 4.21. The number of aromatic nitrogens is 2. The van der Waals surface area contributed by atoms with Crippen LogP contribution in [0.5, 0.6) is 0 Å². The smallest absolute Gasteiger partial charge is 0.339 e. The zero-order chi connectivity index (χ0) is 21.0. The van der Waals surface area contributed by atoms with Crippen LogP contribution in [0.2, 0.25) is 0 Å². The molecular formula is C20H15F4N3O2. The molecule has 3 aromatic rings. The SMILES string of the molecule is O=C(N[C@@H](c1ccc(CF)cc1)c1ncccc1C(F)(F)F)c1ccc(=O)[nH]c1. The van der Waals surface area contributed by atoms with Gasteiger partial charge in [0, 0.05) is 18.5 Å². The molecule has 0 aliphatic carbocycles. The molecule has 0 saturated carbocycles. The minimum Gasteiger partial charge on any atom is -0.339 e. The standard InChI is InChI=1S/C20H15F4N3O2/c21-10-12-3-5-13(6-4-12)17(18-15(20(22,23)24)2-1-9-25-18)27-19(29)14-7-8-16(28)26-11-14/h1-9,11,17H,10H2,(H,26,28)(H,27,29)/t17-/m0/s1.